The van der Waals surface area contributed by atoms with Crippen LogP contribution in [0.25, 0.3) is 0 Å². The fraction of sp³-hybridized carbons (Fsp3) is 0.800. The zero-order valence-corrected chi connectivity index (χ0v) is 17.5. The molecule has 0 saturated carbocycles. The highest BCUT2D eigenvalue weighted by Crippen LogP contribution is 2.13. The number of hydrogen-bond donors (Lipinski definition) is 2. The second kappa shape index (κ2) is 12.0. The first-order chi connectivity index (χ1) is 13.1. The van der Waals surface area contributed by atoms with E-state index in [2.05, 4.69) is 48.3 Å². The normalized spacial score (nSPS) is 18.5. The van der Waals surface area contributed by atoms with Crippen LogP contribution in [0.15, 0.2) is 23.5 Å². The number of guanidine groups is 1. The van der Waals surface area contributed by atoms with E-state index >= 15 is 0 Å². The molecule has 7 heteroatoms. The largest absolute Gasteiger partial charge is 0.379 e. The molecule has 0 spiro atoms. The molecule has 2 unspecified atom stereocenters. The lowest BCUT2D eigenvalue weighted by atomic mass is 10.0. The van der Waals surface area contributed by atoms with Crippen molar-refractivity contribution >= 4 is 5.96 Å². The van der Waals surface area contributed by atoms with Crippen LogP contribution in [0.1, 0.15) is 34.1 Å². The van der Waals surface area contributed by atoms with Crippen LogP contribution >= 0.6 is 0 Å². The summed E-state index contributed by atoms with van der Waals surface area (Å²) in [5.41, 5.74) is 0. The summed E-state index contributed by atoms with van der Waals surface area (Å²) in [6.07, 6.45) is 5.01. The minimum Gasteiger partial charge on any atom is -0.379 e. The van der Waals surface area contributed by atoms with Crippen molar-refractivity contribution < 1.29 is 4.74 Å². The van der Waals surface area contributed by atoms with Gasteiger partial charge < -0.3 is 15.4 Å². The van der Waals surface area contributed by atoms with Crippen LogP contribution in [0.2, 0.25) is 0 Å². The van der Waals surface area contributed by atoms with Gasteiger partial charge in [-0.1, -0.05) is 20.8 Å². The molecule has 0 amide bonds. The molecule has 1 aromatic heterocycles. The fourth-order valence-corrected chi connectivity index (χ4v) is 3.44. The first kappa shape index (κ1) is 21.7. The zero-order valence-electron chi connectivity index (χ0n) is 17.5. The summed E-state index contributed by atoms with van der Waals surface area (Å²) in [5.74, 6) is 2.02. The van der Waals surface area contributed by atoms with Crippen molar-refractivity contribution in [3.05, 3.63) is 18.5 Å². The van der Waals surface area contributed by atoms with Gasteiger partial charge >= 0.3 is 0 Å². The van der Waals surface area contributed by atoms with E-state index < -0.39 is 0 Å². The molecule has 7 nitrogen and oxygen atoms in total. The predicted molar refractivity (Wildman–Crippen MR) is 111 cm³/mol. The third-order valence-electron chi connectivity index (χ3n) is 4.77. The summed E-state index contributed by atoms with van der Waals surface area (Å²) < 4.78 is 7.49. The molecule has 2 rings (SSSR count). The Labute approximate surface area is 164 Å². The monoisotopic (exact) mass is 378 g/mol. The lowest BCUT2D eigenvalue weighted by Crippen LogP contribution is -2.51. The van der Waals surface area contributed by atoms with Crippen LogP contribution in [0.3, 0.4) is 0 Å². The zero-order chi connectivity index (χ0) is 19.5. The summed E-state index contributed by atoms with van der Waals surface area (Å²) in [5, 5.41) is 11.2. The molecule has 0 aliphatic carbocycles. The molecule has 0 radical (unpaired) electrons. The fourth-order valence-electron chi connectivity index (χ4n) is 3.44. The smallest absolute Gasteiger partial charge is 0.191 e. The van der Waals surface area contributed by atoms with Gasteiger partial charge in [0.15, 0.2) is 5.96 Å². The Kier molecular flexibility index (Phi) is 9.62. The first-order valence-electron chi connectivity index (χ1n) is 10.4. The molecular weight excluding hydrogens is 340 g/mol. The highest BCUT2D eigenvalue weighted by Gasteiger charge is 2.22. The Bertz CT molecular complexity index is 525. The molecule has 0 bridgehead atoms. The molecule has 27 heavy (non-hydrogen) atoms. The Morgan fingerprint density at radius 1 is 1.22 bits per heavy atom. The van der Waals surface area contributed by atoms with E-state index in [0.29, 0.717) is 17.9 Å². The van der Waals surface area contributed by atoms with E-state index in [0.717, 1.165) is 58.4 Å². The summed E-state index contributed by atoms with van der Waals surface area (Å²) in [6.45, 7) is 16.1. The quantitative estimate of drug-likeness (QED) is 0.480. The standard InChI is InChI=1S/C20H38N6O/c1-5-21-20(22-14-18(4)16-26-8-6-7-24-26)23-15-19(13-17(2)3)25-9-11-27-12-10-25/h6-8,17-19H,5,9-16H2,1-4H3,(H2,21,22,23). The van der Waals surface area contributed by atoms with Crippen molar-refractivity contribution in [3.63, 3.8) is 0 Å². The minimum absolute atomic E-state index is 0.436. The Morgan fingerprint density at radius 2 is 2.00 bits per heavy atom. The van der Waals surface area contributed by atoms with Crippen LogP contribution in [0.5, 0.6) is 0 Å². The molecule has 154 valence electrons. The number of aromatic nitrogens is 2. The van der Waals surface area contributed by atoms with E-state index in [4.69, 9.17) is 9.73 Å². The maximum Gasteiger partial charge on any atom is 0.191 e. The summed E-state index contributed by atoms with van der Waals surface area (Å²) in [7, 11) is 0. The van der Waals surface area contributed by atoms with Crippen molar-refractivity contribution in [1.29, 1.82) is 0 Å². The predicted octanol–water partition coefficient (Wildman–Crippen LogP) is 1.82. The van der Waals surface area contributed by atoms with E-state index in [1.165, 1.54) is 6.42 Å². The number of ether oxygens (including phenoxy) is 1. The lowest BCUT2D eigenvalue weighted by molar-refractivity contribution is 0.0132. The van der Waals surface area contributed by atoms with E-state index in [1.807, 2.05) is 23.1 Å². The number of nitrogens with one attached hydrogen (secondary N) is 2. The van der Waals surface area contributed by atoms with Gasteiger partial charge in [-0.05, 0) is 31.2 Å². The molecule has 1 aliphatic heterocycles. The number of hydrogen-bond acceptors (Lipinski definition) is 4. The SMILES string of the molecule is CCNC(=NCC(C)Cn1cccn1)NCC(CC(C)C)N1CCOCC1. The molecule has 1 saturated heterocycles. The van der Waals surface area contributed by atoms with Crippen LogP contribution < -0.4 is 10.6 Å². The number of morpholine rings is 1. The summed E-state index contributed by atoms with van der Waals surface area (Å²) in [4.78, 5) is 7.36. The topological polar surface area (TPSA) is 66.7 Å². The molecule has 1 fully saturated rings. The van der Waals surface area contributed by atoms with Gasteiger partial charge in [0.25, 0.3) is 0 Å². The summed E-state index contributed by atoms with van der Waals surface area (Å²) in [6, 6.07) is 2.47. The molecule has 2 atom stereocenters. The van der Waals surface area contributed by atoms with E-state index in [9.17, 15) is 0 Å². The van der Waals surface area contributed by atoms with Gasteiger partial charge in [0.1, 0.15) is 0 Å². The van der Waals surface area contributed by atoms with Crippen molar-refractivity contribution in [2.45, 2.75) is 46.7 Å². The van der Waals surface area contributed by atoms with Crippen LogP contribution in [-0.4, -0.2) is 72.6 Å². The lowest BCUT2D eigenvalue weighted by Gasteiger charge is -2.35. The summed E-state index contributed by atoms with van der Waals surface area (Å²) >= 11 is 0. The Balaban J connectivity index is 1.87. The minimum atomic E-state index is 0.436. The van der Waals surface area contributed by atoms with Crippen molar-refractivity contribution in [3.8, 4) is 0 Å². The number of rotatable bonds is 10. The van der Waals surface area contributed by atoms with Gasteiger partial charge in [0.05, 0.1) is 13.2 Å². The van der Waals surface area contributed by atoms with Gasteiger partial charge in [0.2, 0.25) is 0 Å². The highest BCUT2D eigenvalue weighted by molar-refractivity contribution is 5.79. The first-order valence-corrected chi connectivity index (χ1v) is 10.4. The van der Waals surface area contributed by atoms with Gasteiger partial charge in [-0.3, -0.25) is 14.6 Å². The molecule has 1 aliphatic rings. The molecular formula is C20H38N6O. The number of aliphatic imine (C=N–C) groups is 1. The second-order valence-corrected chi connectivity index (χ2v) is 7.87. The Morgan fingerprint density at radius 3 is 2.63 bits per heavy atom. The molecule has 2 heterocycles. The molecule has 2 N–H and O–H groups in total. The van der Waals surface area contributed by atoms with Crippen LogP contribution in [0.4, 0.5) is 0 Å². The van der Waals surface area contributed by atoms with Crippen molar-refractivity contribution in [2.75, 3.05) is 45.9 Å². The van der Waals surface area contributed by atoms with Crippen molar-refractivity contribution in [2.24, 2.45) is 16.8 Å². The molecule has 1 aromatic rings. The third kappa shape index (κ3) is 8.30. The maximum atomic E-state index is 5.52. The maximum absolute atomic E-state index is 5.52. The molecule has 0 aromatic carbocycles. The van der Waals surface area contributed by atoms with Gasteiger partial charge in [-0.25, -0.2) is 0 Å². The van der Waals surface area contributed by atoms with Gasteiger partial charge in [-0.2, -0.15) is 5.10 Å². The third-order valence-corrected chi connectivity index (χ3v) is 4.77. The Hall–Kier alpha value is -1.60. The number of nitrogens with zero attached hydrogens (tertiary/aromatic N) is 4. The van der Waals surface area contributed by atoms with Crippen LogP contribution in [-0.2, 0) is 11.3 Å². The second-order valence-electron chi connectivity index (χ2n) is 7.87. The van der Waals surface area contributed by atoms with E-state index in [1.54, 1.807) is 0 Å². The van der Waals surface area contributed by atoms with Gasteiger partial charge in [0, 0.05) is 57.7 Å². The van der Waals surface area contributed by atoms with E-state index in [-0.39, 0.29) is 0 Å². The van der Waals surface area contributed by atoms with Gasteiger partial charge in [-0.15, -0.1) is 0 Å². The average molecular weight is 379 g/mol. The average Bonchev–Trinajstić information content (AvgIpc) is 3.16. The highest BCUT2D eigenvalue weighted by atomic mass is 16.5. The van der Waals surface area contributed by atoms with Crippen molar-refractivity contribution in [1.82, 2.24) is 25.3 Å². The van der Waals surface area contributed by atoms with Crippen LogP contribution in [0, 0.1) is 11.8 Å².